The molecule has 0 bridgehead atoms. The van der Waals surface area contributed by atoms with Crippen molar-refractivity contribution < 1.29 is 44.1 Å². The topological polar surface area (TPSA) is 0 Å². The summed E-state index contributed by atoms with van der Waals surface area (Å²) in [5.41, 5.74) is 14.1. The van der Waals surface area contributed by atoms with E-state index in [0.717, 1.165) is 10.0 Å². The van der Waals surface area contributed by atoms with E-state index in [2.05, 4.69) is 150 Å². The van der Waals surface area contributed by atoms with Crippen molar-refractivity contribution in [2.75, 3.05) is 0 Å². The van der Waals surface area contributed by atoms with E-state index in [4.69, 9.17) is 23.2 Å². The van der Waals surface area contributed by atoms with E-state index in [9.17, 15) is 0 Å². The van der Waals surface area contributed by atoms with Gasteiger partial charge < -0.3 is 24.8 Å². The molecule has 6 rings (SSSR count). The molecule has 2 aliphatic carbocycles. The van der Waals surface area contributed by atoms with Gasteiger partial charge in [0, 0.05) is 0 Å². The fraction of sp³-hybridized carbons (Fsp3) is 0.348. The van der Waals surface area contributed by atoms with Crippen LogP contribution in [0.4, 0.5) is 0 Å². The summed E-state index contributed by atoms with van der Waals surface area (Å²) in [4.78, 5) is 0. The smallest absolute Gasteiger partial charge is 1.00 e. The summed E-state index contributed by atoms with van der Waals surface area (Å²) < 4.78 is 7.39. The van der Waals surface area contributed by atoms with Crippen LogP contribution in [0.1, 0.15) is 113 Å². The molecule has 4 aromatic carbocycles. The molecule has 0 aliphatic heterocycles. The Kier molecular flexibility index (Phi) is 12.4. The number of allylic oxidation sites excluding steroid dienone is 4. The fourth-order valence-electron chi connectivity index (χ4n) is 8.36. The second-order valence-electron chi connectivity index (χ2n) is 17.5. The van der Waals surface area contributed by atoms with Crippen LogP contribution < -0.4 is 24.8 Å². The first-order valence-electron chi connectivity index (χ1n) is 17.8. The molecule has 0 radical (unpaired) electrons. The van der Waals surface area contributed by atoms with Crippen molar-refractivity contribution >= 4 is 30.6 Å². The van der Waals surface area contributed by atoms with Crippen molar-refractivity contribution in [3.63, 3.8) is 0 Å². The molecule has 2 aliphatic rings. The van der Waals surface area contributed by atoms with Gasteiger partial charge in [-0.25, -0.2) is 0 Å². The largest absolute Gasteiger partial charge is 1.00 e. The van der Waals surface area contributed by atoms with Crippen LogP contribution in [0.15, 0.2) is 105 Å². The predicted molar refractivity (Wildman–Crippen MR) is 214 cm³/mol. The zero-order chi connectivity index (χ0) is 35.7. The van der Waals surface area contributed by atoms with Gasteiger partial charge in [-0.2, -0.15) is 0 Å². The molecule has 0 fully saturated rings. The number of halogens is 4. The van der Waals surface area contributed by atoms with Crippen molar-refractivity contribution in [1.29, 1.82) is 0 Å². The molecule has 0 saturated carbocycles. The summed E-state index contributed by atoms with van der Waals surface area (Å²) in [6.45, 7) is 25.9. The molecule has 0 heterocycles. The SMILES string of the molecule is CC1=[C]([Zr+2](=[CH]c2ccc(Cl)cc2)(=[CH]c2ccc(Cl)cc2)[CH]2c3ccc(C(C)(C)C)cc3-c3cc(C(C)(C)C)ccc32)C(C)C=C1C(C)(C)C.[Cl-].[Cl-]. The van der Waals surface area contributed by atoms with Crippen LogP contribution >= 0.6 is 23.2 Å². The van der Waals surface area contributed by atoms with Gasteiger partial charge in [-0.15, -0.1) is 0 Å². The first-order chi connectivity index (χ1) is 22.8. The molecule has 0 saturated heterocycles. The van der Waals surface area contributed by atoms with Gasteiger partial charge >= 0.3 is 312 Å². The predicted octanol–water partition coefficient (Wildman–Crippen LogP) is 7.42. The maximum atomic E-state index is 6.50. The van der Waals surface area contributed by atoms with Crippen LogP contribution in [0, 0.1) is 11.3 Å². The Hall–Kier alpha value is -1.86. The maximum Gasteiger partial charge on any atom is -1.00 e. The minimum atomic E-state index is -4.01. The molecular weight excluding hydrogens is 786 g/mol. The zero-order valence-corrected chi connectivity index (χ0v) is 37.5. The summed E-state index contributed by atoms with van der Waals surface area (Å²) in [5.74, 6) is 0.326. The molecule has 0 spiro atoms. The van der Waals surface area contributed by atoms with E-state index >= 15 is 0 Å². The van der Waals surface area contributed by atoms with Gasteiger partial charge in [-0.3, -0.25) is 0 Å². The van der Waals surface area contributed by atoms with Gasteiger partial charge in [0.1, 0.15) is 0 Å². The van der Waals surface area contributed by atoms with Crippen LogP contribution in [0.25, 0.3) is 11.1 Å². The summed E-state index contributed by atoms with van der Waals surface area (Å²) >= 11 is 8.99. The van der Waals surface area contributed by atoms with Crippen molar-refractivity contribution in [3.05, 3.63) is 149 Å². The number of fused-ring (bicyclic) bond motifs is 3. The molecule has 5 heteroatoms. The Labute approximate surface area is 333 Å². The van der Waals surface area contributed by atoms with Crippen molar-refractivity contribution in [3.8, 4) is 11.1 Å². The Bertz CT molecular complexity index is 2000. The Balaban J connectivity index is 0.00000292. The van der Waals surface area contributed by atoms with Gasteiger partial charge in [-0.05, 0) is 0 Å². The molecule has 0 amide bonds. The zero-order valence-electron chi connectivity index (χ0n) is 32.0. The Morgan fingerprint density at radius 2 is 0.961 bits per heavy atom. The molecule has 268 valence electrons. The molecule has 4 aromatic rings. The average Bonchev–Trinajstić information content (AvgIpc) is 3.51. The second-order valence-corrected chi connectivity index (χ2v) is 27.1. The third-order valence-corrected chi connectivity index (χ3v) is 23.4. The van der Waals surface area contributed by atoms with Crippen molar-refractivity contribution in [2.45, 2.75) is 90.6 Å². The van der Waals surface area contributed by atoms with Gasteiger partial charge in [0.2, 0.25) is 0 Å². The number of rotatable bonds is 4. The fourth-order valence-corrected chi connectivity index (χ4v) is 22.7. The van der Waals surface area contributed by atoms with Crippen molar-refractivity contribution in [1.82, 2.24) is 0 Å². The van der Waals surface area contributed by atoms with Gasteiger partial charge in [0.05, 0.1) is 0 Å². The molecule has 51 heavy (non-hydrogen) atoms. The van der Waals surface area contributed by atoms with Gasteiger partial charge in [0.25, 0.3) is 0 Å². The normalized spacial score (nSPS) is 15.5. The second kappa shape index (κ2) is 15.1. The number of benzene rings is 4. The summed E-state index contributed by atoms with van der Waals surface area (Å²) in [6.07, 6.45) is 2.57. The summed E-state index contributed by atoms with van der Waals surface area (Å²) in [6, 6.07) is 31.9. The van der Waals surface area contributed by atoms with E-state index in [1.165, 1.54) is 55.7 Å². The molecular formula is C46H52Cl4Zr. The van der Waals surface area contributed by atoms with E-state index in [0.29, 0.717) is 5.92 Å². The van der Waals surface area contributed by atoms with Gasteiger partial charge in [-0.1, -0.05) is 0 Å². The van der Waals surface area contributed by atoms with Crippen LogP contribution in [-0.2, 0) is 30.1 Å². The molecule has 1 unspecified atom stereocenters. The minimum absolute atomic E-state index is 0. The number of hydrogen-bond acceptors (Lipinski definition) is 0. The van der Waals surface area contributed by atoms with Crippen LogP contribution in [0.3, 0.4) is 0 Å². The van der Waals surface area contributed by atoms with E-state index in [-0.39, 0.29) is 44.7 Å². The van der Waals surface area contributed by atoms with Gasteiger partial charge in [0.15, 0.2) is 0 Å². The molecule has 0 aromatic heterocycles. The monoisotopic (exact) mass is 834 g/mol. The first-order valence-corrected chi connectivity index (χ1v) is 24.0. The van der Waals surface area contributed by atoms with E-state index < -0.39 is 19.3 Å². The maximum absolute atomic E-state index is 6.50. The minimum Gasteiger partial charge on any atom is -1.00 e. The van der Waals surface area contributed by atoms with Crippen LogP contribution in [0.2, 0.25) is 10.0 Å². The quantitative estimate of drug-likeness (QED) is 0.201. The first kappa shape index (κ1) is 41.9. The van der Waals surface area contributed by atoms with E-state index in [1.54, 1.807) is 3.28 Å². The Morgan fingerprint density at radius 3 is 1.29 bits per heavy atom. The molecule has 1 atom stereocenters. The van der Waals surface area contributed by atoms with Crippen LogP contribution in [-0.4, -0.2) is 7.42 Å². The average molecular weight is 838 g/mol. The third kappa shape index (κ3) is 8.15. The van der Waals surface area contributed by atoms with Crippen LogP contribution in [0.5, 0.6) is 0 Å². The Morgan fingerprint density at radius 1 is 0.569 bits per heavy atom. The number of hydrogen-bond donors (Lipinski definition) is 0. The van der Waals surface area contributed by atoms with E-state index in [1.807, 2.05) is 24.3 Å². The summed E-state index contributed by atoms with van der Waals surface area (Å²) in [7, 11) is 0. The third-order valence-electron chi connectivity index (χ3n) is 10.7. The molecule has 0 N–H and O–H groups in total. The molecule has 0 nitrogen and oxygen atoms in total. The van der Waals surface area contributed by atoms with Crippen molar-refractivity contribution in [2.24, 2.45) is 11.3 Å². The summed E-state index contributed by atoms with van der Waals surface area (Å²) in [5, 5.41) is 1.53. The standard InChI is InChI=1S/C21H25.C11H17.2C7H5Cl.2ClH.Zr/c1-20(2,3)16-9-7-14-11-15-8-10-17(21(4,5)6)13-19(15)18(14)12-16;1-8-6-9(2)10(7-8)11(3,4)5;2*1-6-2-4-7(8)5-3-6;;;/h7-13H,1-6H3;7-8H,1-5H3;2*1-5H;2*1H;/q;;;;;;+2/p-2.